The molecule has 0 N–H and O–H groups in total. The number of carbonyl (C=O) groups is 1. The van der Waals surface area contributed by atoms with Crippen LogP contribution >= 0.6 is 31.9 Å². The molecule has 1 aromatic rings. The van der Waals surface area contributed by atoms with E-state index in [0.717, 1.165) is 0 Å². The van der Waals surface area contributed by atoms with Crippen molar-refractivity contribution in [3.05, 3.63) is 27.5 Å². The molecule has 0 unspecified atom stereocenters. The summed E-state index contributed by atoms with van der Waals surface area (Å²) in [5, 5.41) is 0.101. The molecule has 7 heteroatoms. The Bertz CT molecular complexity index is 413. The highest BCUT2D eigenvalue weighted by atomic mass is 79.9. The average Bonchev–Trinajstić information content (AvgIpc) is 2.26. The molecule has 1 rings (SSSR count). The number of pyridine rings is 1. The molecule has 16 heavy (non-hydrogen) atoms. The third-order valence-electron chi connectivity index (χ3n) is 1.90. The summed E-state index contributed by atoms with van der Waals surface area (Å²) in [4.78, 5) is 15.0. The fraction of sp³-hybridized carbons (Fsp3) is 0.333. The maximum absolute atomic E-state index is 12.6. The fourth-order valence-electron chi connectivity index (χ4n) is 1.19. The minimum absolute atomic E-state index is 0.0738. The fourth-order valence-corrected chi connectivity index (χ4v) is 2.26. The van der Waals surface area contributed by atoms with Crippen LogP contribution in [0.2, 0.25) is 0 Å². The summed E-state index contributed by atoms with van der Waals surface area (Å²) in [6.45, 7) is 0. The predicted molar refractivity (Wildman–Crippen MR) is 60.9 cm³/mol. The van der Waals surface area contributed by atoms with Crippen molar-refractivity contribution in [2.75, 3.05) is 7.11 Å². The zero-order valence-electron chi connectivity index (χ0n) is 8.14. The molecular weight excluding hydrogens is 352 g/mol. The zero-order chi connectivity index (χ0) is 12.3. The Morgan fingerprint density at radius 1 is 1.62 bits per heavy atom. The van der Waals surface area contributed by atoms with Crippen molar-refractivity contribution in [1.29, 1.82) is 0 Å². The zero-order valence-corrected chi connectivity index (χ0v) is 11.3. The van der Waals surface area contributed by atoms with Crippen LogP contribution in [0.15, 0.2) is 10.7 Å². The molecule has 0 aliphatic carbocycles. The van der Waals surface area contributed by atoms with Gasteiger partial charge in [-0.25, -0.2) is 13.6 Å². The van der Waals surface area contributed by atoms with Crippen molar-refractivity contribution in [2.45, 2.75) is 11.8 Å². The maximum atomic E-state index is 12.6. The van der Waals surface area contributed by atoms with E-state index in [0.29, 0.717) is 4.47 Å². The van der Waals surface area contributed by atoms with Gasteiger partial charge in [-0.1, -0.05) is 15.9 Å². The molecule has 0 aliphatic heterocycles. The molecule has 0 saturated carbocycles. The van der Waals surface area contributed by atoms with Gasteiger partial charge >= 0.3 is 5.97 Å². The van der Waals surface area contributed by atoms with Gasteiger partial charge in [-0.05, 0) is 15.9 Å². The van der Waals surface area contributed by atoms with Crippen LogP contribution in [0.5, 0.6) is 0 Å². The molecule has 0 radical (unpaired) electrons. The van der Waals surface area contributed by atoms with E-state index < -0.39 is 18.1 Å². The number of carbonyl (C=O) groups excluding carboxylic acids is 1. The number of hydrogen-bond donors (Lipinski definition) is 0. The Morgan fingerprint density at radius 2 is 2.25 bits per heavy atom. The van der Waals surface area contributed by atoms with Crippen LogP contribution in [0.4, 0.5) is 8.78 Å². The summed E-state index contributed by atoms with van der Waals surface area (Å²) in [5.41, 5.74) is -0.207. The quantitative estimate of drug-likeness (QED) is 0.613. The number of alkyl halides is 3. The van der Waals surface area contributed by atoms with Crippen molar-refractivity contribution < 1.29 is 18.3 Å². The molecule has 0 aromatic carbocycles. The first-order valence-electron chi connectivity index (χ1n) is 4.12. The van der Waals surface area contributed by atoms with Gasteiger partial charge in [-0.15, -0.1) is 0 Å². The lowest BCUT2D eigenvalue weighted by atomic mass is 10.1. The van der Waals surface area contributed by atoms with Gasteiger partial charge in [0.05, 0.1) is 17.1 Å². The molecule has 0 amide bonds. The number of rotatable bonds is 3. The molecule has 1 aromatic heterocycles. The lowest BCUT2D eigenvalue weighted by Gasteiger charge is -2.11. The molecule has 0 bridgehead atoms. The highest BCUT2D eigenvalue weighted by Crippen LogP contribution is 2.30. The van der Waals surface area contributed by atoms with Gasteiger partial charge in [0, 0.05) is 17.1 Å². The van der Waals surface area contributed by atoms with Crippen LogP contribution < -0.4 is 0 Å². The predicted octanol–water partition coefficient (Wildman–Crippen LogP) is 3.46. The first-order valence-corrected chi connectivity index (χ1v) is 6.04. The van der Waals surface area contributed by atoms with Gasteiger partial charge in [0.2, 0.25) is 0 Å². The summed E-state index contributed by atoms with van der Waals surface area (Å²) in [7, 11) is 1.19. The van der Waals surface area contributed by atoms with E-state index in [2.05, 4.69) is 41.6 Å². The number of halogens is 4. The number of nitrogens with zero attached hydrogens (tertiary/aromatic N) is 1. The number of methoxy groups -OCH3 is 1. The minimum Gasteiger partial charge on any atom is -0.465 e. The topological polar surface area (TPSA) is 39.2 Å². The highest BCUT2D eigenvalue weighted by molar-refractivity contribution is 9.10. The molecule has 0 atom stereocenters. The van der Waals surface area contributed by atoms with Crippen LogP contribution in [0.1, 0.15) is 28.0 Å². The van der Waals surface area contributed by atoms with E-state index in [4.69, 9.17) is 0 Å². The summed E-state index contributed by atoms with van der Waals surface area (Å²) in [6.07, 6.45) is -1.57. The molecule has 0 saturated heterocycles. The van der Waals surface area contributed by atoms with Gasteiger partial charge in [-0.3, -0.25) is 4.98 Å². The summed E-state index contributed by atoms with van der Waals surface area (Å²) in [6, 6.07) is 0. The summed E-state index contributed by atoms with van der Waals surface area (Å²) < 4.78 is 30.1. The highest BCUT2D eigenvalue weighted by Gasteiger charge is 2.23. The number of esters is 1. The van der Waals surface area contributed by atoms with Gasteiger partial charge < -0.3 is 4.74 Å². The molecule has 1 heterocycles. The molecular formula is C9H7Br2F2NO2. The second-order valence-electron chi connectivity index (χ2n) is 2.77. The monoisotopic (exact) mass is 357 g/mol. The van der Waals surface area contributed by atoms with Gasteiger partial charge in [0.25, 0.3) is 6.43 Å². The number of aromatic nitrogens is 1. The lowest BCUT2D eigenvalue weighted by Crippen LogP contribution is -2.10. The largest absolute Gasteiger partial charge is 0.465 e. The summed E-state index contributed by atoms with van der Waals surface area (Å²) >= 11 is 6.14. The SMILES string of the molecule is COC(=O)c1c(Br)cnc(C(F)F)c1CBr. The van der Waals surface area contributed by atoms with E-state index in [1.165, 1.54) is 13.3 Å². The normalized spacial score (nSPS) is 10.6. The Labute approximate surface area is 107 Å². The lowest BCUT2D eigenvalue weighted by molar-refractivity contribution is 0.0597. The van der Waals surface area contributed by atoms with Crippen LogP contribution in [0, 0.1) is 0 Å². The molecule has 0 fully saturated rings. The van der Waals surface area contributed by atoms with Crippen LogP contribution in [-0.4, -0.2) is 18.1 Å². The van der Waals surface area contributed by atoms with Crippen LogP contribution in [-0.2, 0) is 10.1 Å². The van der Waals surface area contributed by atoms with E-state index in [-0.39, 0.29) is 16.5 Å². The Balaban J connectivity index is 3.44. The smallest absolute Gasteiger partial charge is 0.339 e. The average molecular weight is 359 g/mol. The summed E-state index contributed by atoms with van der Waals surface area (Å²) in [5.74, 6) is -0.675. The molecule has 3 nitrogen and oxygen atoms in total. The van der Waals surface area contributed by atoms with E-state index in [1.807, 2.05) is 0 Å². The second kappa shape index (κ2) is 5.67. The van der Waals surface area contributed by atoms with Crippen molar-refractivity contribution in [3.63, 3.8) is 0 Å². The van der Waals surface area contributed by atoms with Gasteiger partial charge in [-0.2, -0.15) is 0 Å². The molecule has 0 aliphatic rings. The van der Waals surface area contributed by atoms with E-state index in [9.17, 15) is 13.6 Å². The Kier molecular flexibility index (Phi) is 4.79. The number of ether oxygens (including phenoxy) is 1. The second-order valence-corrected chi connectivity index (χ2v) is 4.19. The molecule has 0 spiro atoms. The van der Waals surface area contributed by atoms with Crippen LogP contribution in [0.25, 0.3) is 0 Å². The van der Waals surface area contributed by atoms with E-state index >= 15 is 0 Å². The molecule has 88 valence electrons. The first kappa shape index (κ1) is 13.5. The maximum Gasteiger partial charge on any atom is 0.339 e. The van der Waals surface area contributed by atoms with Gasteiger partial charge in [0.1, 0.15) is 5.69 Å². The minimum atomic E-state index is -2.73. The van der Waals surface area contributed by atoms with Gasteiger partial charge in [0.15, 0.2) is 0 Å². The van der Waals surface area contributed by atoms with Crippen molar-refractivity contribution in [1.82, 2.24) is 4.98 Å². The number of hydrogen-bond acceptors (Lipinski definition) is 3. The Hall–Kier alpha value is -0.560. The third-order valence-corrected chi connectivity index (χ3v) is 3.06. The van der Waals surface area contributed by atoms with Crippen molar-refractivity contribution in [3.8, 4) is 0 Å². The standard InChI is InChI=1S/C9H7Br2F2NO2/c1-16-9(15)6-4(2-10)7(8(12)13)14-3-5(6)11/h3,8H,2H2,1H3. The van der Waals surface area contributed by atoms with Crippen LogP contribution in [0.3, 0.4) is 0 Å². The van der Waals surface area contributed by atoms with Crippen molar-refractivity contribution >= 4 is 37.8 Å². The first-order chi connectivity index (χ1) is 7.52. The van der Waals surface area contributed by atoms with Crippen molar-refractivity contribution in [2.24, 2.45) is 0 Å². The van der Waals surface area contributed by atoms with E-state index in [1.54, 1.807) is 0 Å². The third kappa shape index (κ3) is 2.57. The Morgan fingerprint density at radius 3 is 2.69 bits per heavy atom.